The number of rotatable bonds is 5. The normalized spacial score (nSPS) is 18.2. The van der Waals surface area contributed by atoms with Gasteiger partial charge in [0.2, 0.25) is 17.7 Å². The Morgan fingerprint density at radius 1 is 1.57 bits per heavy atom. The molecule has 9 heteroatoms. The van der Waals surface area contributed by atoms with E-state index in [-0.39, 0.29) is 31.6 Å². The van der Waals surface area contributed by atoms with Gasteiger partial charge in [0.05, 0.1) is 19.7 Å². The highest BCUT2D eigenvalue weighted by Gasteiger charge is 2.34. The minimum absolute atomic E-state index is 0.00197. The molecule has 1 N–H and O–H groups in total. The van der Waals surface area contributed by atoms with Crippen LogP contribution in [0.3, 0.4) is 0 Å². The quantitative estimate of drug-likeness (QED) is 0.853. The minimum atomic E-state index is -0.664. The van der Waals surface area contributed by atoms with E-state index in [4.69, 9.17) is 9.26 Å². The zero-order valence-corrected chi connectivity index (χ0v) is 13.3. The first kappa shape index (κ1) is 15.6. The third-order valence-electron chi connectivity index (χ3n) is 3.39. The molecule has 0 unspecified atom stereocenters. The zero-order chi connectivity index (χ0) is 16.2. The molecular formula is C14H16N4O4S. The highest BCUT2D eigenvalue weighted by Crippen LogP contribution is 2.17. The predicted octanol–water partition coefficient (Wildman–Crippen LogP) is 0.483. The van der Waals surface area contributed by atoms with Gasteiger partial charge in [0, 0.05) is 4.88 Å². The zero-order valence-electron chi connectivity index (χ0n) is 12.5. The predicted molar refractivity (Wildman–Crippen MR) is 80.4 cm³/mol. The number of aryl methyl sites for hydroxylation is 1. The van der Waals surface area contributed by atoms with Gasteiger partial charge >= 0.3 is 0 Å². The molecule has 2 aromatic rings. The molecule has 122 valence electrons. The number of aromatic nitrogens is 2. The lowest BCUT2D eigenvalue weighted by Gasteiger charge is -2.34. The second kappa shape index (κ2) is 6.88. The van der Waals surface area contributed by atoms with Crippen molar-refractivity contribution < 1.29 is 18.8 Å². The number of hydrogen-bond acceptors (Lipinski definition) is 7. The van der Waals surface area contributed by atoms with E-state index in [0.29, 0.717) is 18.3 Å². The van der Waals surface area contributed by atoms with Crippen molar-refractivity contribution in [1.29, 1.82) is 0 Å². The van der Waals surface area contributed by atoms with Gasteiger partial charge in [-0.3, -0.25) is 9.59 Å². The Labute approximate surface area is 136 Å². The smallest absolute Gasteiger partial charge is 0.249 e. The first-order valence-electron chi connectivity index (χ1n) is 7.10. The molecule has 23 heavy (non-hydrogen) atoms. The van der Waals surface area contributed by atoms with Gasteiger partial charge in [-0.1, -0.05) is 11.2 Å². The number of morpholine rings is 1. The van der Waals surface area contributed by atoms with Crippen LogP contribution in [0.5, 0.6) is 0 Å². The fourth-order valence-corrected chi connectivity index (χ4v) is 2.99. The number of carbonyl (C=O) groups excluding carboxylic acids is 2. The number of amides is 2. The van der Waals surface area contributed by atoms with Crippen LogP contribution in [0.1, 0.15) is 16.6 Å². The Kier molecular flexibility index (Phi) is 4.68. The molecule has 8 nitrogen and oxygen atoms in total. The Hall–Kier alpha value is -2.26. The van der Waals surface area contributed by atoms with Gasteiger partial charge in [-0.05, 0) is 18.4 Å². The van der Waals surface area contributed by atoms with E-state index in [1.807, 2.05) is 17.5 Å². The standard InChI is InChI=1S/C14H16N4O4S/c1-9-16-12(22-17-9)5-15-14(20)11-7-21-8-13(19)18(11)6-10-3-2-4-23-10/h2-4,11H,5-8H2,1H3,(H,15,20)/t11-/m0/s1. The van der Waals surface area contributed by atoms with Crippen LogP contribution in [0, 0.1) is 6.92 Å². The Bertz CT molecular complexity index is 685. The minimum Gasteiger partial charge on any atom is -0.369 e. The monoisotopic (exact) mass is 336 g/mol. The SMILES string of the molecule is Cc1noc(CNC(=O)[C@@H]2COCC(=O)N2Cc2cccs2)n1. The molecule has 2 aromatic heterocycles. The third-order valence-corrected chi connectivity index (χ3v) is 4.25. The number of carbonyl (C=O) groups is 2. The van der Waals surface area contributed by atoms with E-state index in [9.17, 15) is 9.59 Å². The molecule has 0 spiro atoms. The topological polar surface area (TPSA) is 97.6 Å². The summed E-state index contributed by atoms with van der Waals surface area (Å²) in [5, 5.41) is 8.30. The van der Waals surface area contributed by atoms with Crippen molar-refractivity contribution in [2.75, 3.05) is 13.2 Å². The molecule has 1 aliphatic rings. The fraction of sp³-hybridized carbons (Fsp3) is 0.429. The van der Waals surface area contributed by atoms with E-state index in [2.05, 4.69) is 15.5 Å². The highest BCUT2D eigenvalue weighted by atomic mass is 32.1. The van der Waals surface area contributed by atoms with Gasteiger partial charge in [0.25, 0.3) is 0 Å². The maximum atomic E-state index is 12.4. The number of ether oxygens (including phenoxy) is 1. The number of thiophene rings is 1. The van der Waals surface area contributed by atoms with Crippen LogP contribution in [0.2, 0.25) is 0 Å². The summed E-state index contributed by atoms with van der Waals surface area (Å²) in [4.78, 5) is 31.1. The molecule has 1 atom stereocenters. The van der Waals surface area contributed by atoms with Crippen LogP contribution in [0.4, 0.5) is 0 Å². The molecule has 2 amide bonds. The third kappa shape index (κ3) is 3.74. The highest BCUT2D eigenvalue weighted by molar-refractivity contribution is 7.09. The molecule has 0 aromatic carbocycles. The van der Waals surface area contributed by atoms with Gasteiger partial charge in [0.15, 0.2) is 5.82 Å². The molecule has 1 saturated heterocycles. The summed E-state index contributed by atoms with van der Waals surface area (Å²) in [6.45, 7) is 2.39. The molecule has 0 saturated carbocycles. The van der Waals surface area contributed by atoms with E-state index in [0.717, 1.165) is 4.88 Å². The Morgan fingerprint density at radius 2 is 2.43 bits per heavy atom. The first-order chi connectivity index (χ1) is 11.1. The summed E-state index contributed by atoms with van der Waals surface area (Å²) in [6.07, 6.45) is 0. The molecule has 0 aliphatic carbocycles. The summed E-state index contributed by atoms with van der Waals surface area (Å²) in [6, 6.07) is 3.18. The lowest BCUT2D eigenvalue weighted by Crippen LogP contribution is -2.55. The van der Waals surface area contributed by atoms with E-state index >= 15 is 0 Å². The summed E-state index contributed by atoms with van der Waals surface area (Å²) in [5.74, 6) is 0.331. The second-order valence-electron chi connectivity index (χ2n) is 5.09. The van der Waals surface area contributed by atoms with Crippen molar-refractivity contribution in [3.05, 3.63) is 34.1 Å². The van der Waals surface area contributed by atoms with Crippen LogP contribution in [-0.4, -0.2) is 46.1 Å². The molecule has 3 rings (SSSR count). The summed E-state index contributed by atoms with van der Waals surface area (Å²) < 4.78 is 10.2. The van der Waals surface area contributed by atoms with Crippen molar-refractivity contribution in [3.63, 3.8) is 0 Å². The Morgan fingerprint density at radius 3 is 3.13 bits per heavy atom. The molecule has 1 fully saturated rings. The molecule has 0 radical (unpaired) electrons. The molecule has 1 aliphatic heterocycles. The lowest BCUT2D eigenvalue weighted by atomic mass is 10.2. The molecular weight excluding hydrogens is 320 g/mol. The lowest BCUT2D eigenvalue weighted by molar-refractivity contribution is -0.155. The van der Waals surface area contributed by atoms with E-state index in [1.165, 1.54) is 0 Å². The van der Waals surface area contributed by atoms with Crippen molar-refractivity contribution in [2.24, 2.45) is 0 Å². The average Bonchev–Trinajstić information content (AvgIpc) is 3.18. The fourth-order valence-electron chi connectivity index (χ4n) is 2.28. The number of hydrogen-bond donors (Lipinski definition) is 1. The van der Waals surface area contributed by atoms with Gasteiger partial charge in [-0.2, -0.15) is 4.98 Å². The van der Waals surface area contributed by atoms with Crippen LogP contribution in [0.25, 0.3) is 0 Å². The maximum Gasteiger partial charge on any atom is 0.249 e. The number of nitrogens with zero attached hydrogens (tertiary/aromatic N) is 3. The largest absolute Gasteiger partial charge is 0.369 e. The van der Waals surface area contributed by atoms with Crippen LogP contribution >= 0.6 is 11.3 Å². The van der Waals surface area contributed by atoms with Gasteiger partial charge < -0.3 is 19.5 Å². The van der Waals surface area contributed by atoms with Crippen LogP contribution in [-0.2, 0) is 27.4 Å². The summed E-state index contributed by atoms with van der Waals surface area (Å²) >= 11 is 1.55. The second-order valence-corrected chi connectivity index (χ2v) is 6.12. The molecule has 3 heterocycles. The van der Waals surface area contributed by atoms with Crippen molar-refractivity contribution in [3.8, 4) is 0 Å². The average molecular weight is 336 g/mol. The molecule has 0 bridgehead atoms. The van der Waals surface area contributed by atoms with Crippen molar-refractivity contribution in [2.45, 2.75) is 26.1 Å². The Balaban J connectivity index is 1.64. The maximum absolute atomic E-state index is 12.4. The summed E-state index contributed by atoms with van der Waals surface area (Å²) in [5.41, 5.74) is 0. The number of nitrogens with one attached hydrogen (secondary N) is 1. The van der Waals surface area contributed by atoms with E-state index in [1.54, 1.807) is 23.2 Å². The summed E-state index contributed by atoms with van der Waals surface area (Å²) in [7, 11) is 0. The van der Waals surface area contributed by atoms with Gasteiger partial charge in [-0.25, -0.2) is 0 Å². The van der Waals surface area contributed by atoms with Crippen molar-refractivity contribution in [1.82, 2.24) is 20.4 Å². The van der Waals surface area contributed by atoms with E-state index < -0.39 is 6.04 Å². The van der Waals surface area contributed by atoms with Crippen LogP contribution in [0.15, 0.2) is 22.0 Å². The van der Waals surface area contributed by atoms with Crippen LogP contribution < -0.4 is 5.32 Å². The van der Waals surface area contributed by atoms with Crippen molar-refractivity contribution >= 4 is 23.2 Å². The van der Waals surface area contributed by atoms with Gasteiger partial charge in [-0.15, -0.1) is 11.3 Å². The first-order valence-corrected chi connectivity index (χ1v) is 7.98. The van der Waals surface area contributed by atoms with Gasteiger partial charge in [0.1, 0.15) is 12.6 Å².